The van der Waals surface area contributed by atoms with Crippen molar-refractivity contribution in [3.05, 3.63) is 65.6 Å². The van der Waals surface area contributed by atoms with Gasteiger partial charge < -0.3 is 20.1 Å². The Morgan fingerprint density at radius 3 is 2.85 bits per heavy atom. The lowest BCUT2D eigenvalue weighted by molar-refractivity contribution is -0.143. The fraction of sp³-hybridized carbons (Fsp3) is 0.250. The Morgan fingerprint density at radius 2 is 2.09 bits per heavy atom. The van der Waals surface area contributed by atoms with Gasteiger partial charge in [0, 0.05) is 30.8 Å². The molecule has 1 aromatic carbocycles. The Bertz CT molecular complexity index is 1370. The number of carbonyl (C=O) groups is 1. The van der Waals surface area contributed by atoms with Crippen LogP contribution in [0.5, 0.6) is 5.75 Å². The average molecular weight is 479 g/mol. The highest BCUT2D eigenvalue weighted by Crippen LogP contribution is 2.35. The van der Waals surface area contributed by atoms with Gasteiger partial charge in [-0.1, -0.05) is 23.7 Å². The molecule has 0 spiro atoms. The van der Waals surface area contributed by atoms with E-state index in [9.17, 15) is 9.90 Å². The molecule has 0 bridgehead atoms. The molecule has 0 aliphatic carbocycles. The molecule has 1 aliphatic rings. The number of anilines is 2. The largest absolute Gasteiger partial charge is 0.495 e. The molecule has 34 heavy (non-hydrogen) atoms. The molecule has 1 aliphatic heterocycles. The predicted octanol–water partition coefficient (Wildman–Crippen LogP) is 3.50. The van der Waals surface area contributed by atoms with E-state index in [-0.39, 0.29) is 11.8 Å². The molecule has 1 fully saturated rings. The summed E-state index contributed by atoms with van der Waals surface area (Å²) in [4.78, 5) is 22.5. The van der Waals surface area contributed by atoms with Gasteiger partial charge >= 0.3 is 0 Å². The quantitative estimate of drug-likeness (QED) is 0.437. The summed E-state index contributed by atoms with van der Waals surface area (Å²) in [5.74, 6) is 0.954. The van der Waals surface area contributed by atoms with Crippen LogP contribution in [-0.2, 0) is 4.79 Å². The smallest absolute Gasteiger partial charge is 0.251 e. The molecular formula is C24H23ClN6O3. The number of carbonyl (C=O) groups excluding carboxylic acids is 1. The Kier molecular flexibility index (Phi) is 5.80. The second-order valence-electron chi connectivity index (χ2n) is 8.18. The highest BCUT2D eigenvalue weighted by molar-refractivity contribution is 6.33. The Labute approximate surface area is 201 Å². The van der Waals surface area contributed by atoms with Crippen molar-refractivity contribution >= 4 is 34.7 Å². The van der Waals surface area contributed by atoms with E-state index in [1.165, 1.54) is 6.92 Å². The van der Waals surface area contributed by atoms with Gasteiger partial charge in [-0.3, -0.25) is 4.79 Å². The number of halogens is 1. The van der Waals surface area contributed by atoms with Crippen LogP contribution in [0.3, 0.4) is 0 Å². The maximum Gasteiger partial charge on any atom is 0.251 e. The Hall–Kier alpha value is -3.69. The number of fused-ring (bicyclic) bond motifs is 1. The minimum Gasteiger partial charge on any atom is -0.495 e. The van der Waals surface area contributed by atoms with Crippen LogP contribution in [0.15, 0.2) is 55.0 Å². The number of rotatable bonds is 6. The highest BCUT2D eigenvalue weighted by atomic mass is 35.5. The number of nitrogens with one attached hydrogen (secondary N) is 1. The SMILES string of the molecule is COc1cc(C2CN(C(=O)[C@H](C)O)C2)ccc1Nc1ncc(Cl)c(-c2cnn3ccccc23)n1. The average Bonchev–Trinajstić information content (AvgIpc) is 3.24. The number of amides is 1. The third kappa shape index (κ3) is 4.04. The van der Waals surface area contributed by atoms with Crippen molar-refractivity contribution in [2.24, 2.45) is 0 Å². The number of pyridine rings is 1. The zero-order valence-corrected chi connectivity index (χ0v) is 19.4. The Morgan fingerprint density at radius 1 is 1.26 bits per heavy atom. The van der Waals surface area contributed by atoms with Crippen molar-refractivity contribution < 1.29 is 14.6 Å². The summed E-state index contributed by atoms with van der Waals surface area (Å²) in [5.41, 5.74) is 4.03. The third-order valence-electron chi connectivity index (χ3n) is 5.92. The van der Waals surface area contributed by atoms with Crippen molar-refractivity contribution in [3.63, 3.8) is 0 Å². The molecule has 174 valence electrons. The van der Waals surface area contributed by atoms with Crippen LogP contribution in [-0.4, -0.2) is 61.8 Å². The summed E-state index contributed by atoms with van der Waals surface area (Å²) in [6, 6.07) is 11.6. The fourth-order valence-corrected chi connectivity index (χ4v) is 4.25. The number of methoxy groups -OCH3 is 1. The van der Waals surface area contributed by atoms with Gasteiger partial charge in [-0.25, -0.2) is 14.5 Å². The molecule has 2 N–H and O–H groups in total. The van der Waals surface area contributed by atoms with Crippen LogP contribution in [0.1, 0.15) is 18.4 Å². The standard InChI is InChI=1S/C24H23ClN6O3/c1-14(32)23(33)30-12-16(13-30)15-6-7-19(21(9-15)34-2)28-24-26-11-18(25)22(29-24)17-10-27-31-8-4-3-5-20(17)31/h3-11,14,16,32H,12-13H2,1-2H3,(H,26,28,29)/t14-/m0/s1. The molecule has 4 heterocycles. The van der Waals surface area contributed by atoms with E-state index in [0.29, 0.717) is 41.2 Å². The lowest BCUT2D eigenvalue weighted by Crippen LogP contribution is -2.51. The third-order valence-corrected chi connectivity index (χ3v) is 6.20. The number of likely N-dealkylation sites (tertiary alicyclic amines) is 1. The van der Waals surface area contributed by atoms with Gasteiger partial charge in [0.15, 0.2) is 0 Å². The van der Waals surface area contributed by atoms with Crippen LogP contribution in [0.2, 0.25) is 5.02 Å². The number of aliphatic hydroxyl groups excluding tert-OH is 1. The molecule has 1 amide bonds. The summed E-state index contributed by atoms with van der Waals surface area (Å²) >= 11 is 6.42. The normalized spacial score (nSPS) is 14.6. The summed E-state index contributed by atoms with van der Waals surface area (Å²) in [6.45, 7) is 2.63. The number of hydrogen-bond acceptors (Lipinski definition) is 7. The van der Waals surface area contributed by atoms with Crippen LogP contribution in [0.25, 0.3) is 16.8 Å². The second-order valence-corrected chi connectivity index (χ2v) is 8.59. The lowest BCUT2D eigenvalue weighted by Gasteiger charge is -2.40. The summed E-state index contributed by atoms with van der Waals surface area (Å²) in [6.07, 6.45) is 4.17. The molecule has 5 rings (SSSR count). The fourth-order valence-electron chi connectivity index (χ4n) is 4.05. The number of ether oxygens (including phenoxy) is 1. The molecular weight excluding hydrogens is 456 g/mol. The first-order valence-electron chi connectivity index (χ1n) is 10.8. The molecule has 0 radical (unpaired) electrons. The molecule has 9 nitrogen and oxygen atoms in total. The van der Waals surface area contributed by atoms with E-state index >= 15 is 0 Å². The zero-order chi connectivity index (χ0) is 23.8. The summed E-state index contributed by atoms with van der Waals surface area (Å²) in [5, 5.41) is 17.5. The molecule has 0 saturated carbocycles. The van der Waals surface area contributed by atoms with E-state index in [4.69, 9.17) is 16.3 Å². The van der Waals surface area contributed by atoms with Gasteiger partial charge in [0.2, 0.25) is 5.95 Å². The number of benzene rings is 1. The van der Waals surface area contributed by atoms with Gasteiger partial charge in [0.05, 0.1) is 41.4 Å². The van der Waals surface area contributed by atoms with E-state index in [0.717, 1.165) is 16.6 Å². The van der Waals surface area contributed by atoms with E-state index in [1.807, 2.05) is 42.6 Å². The summed E-state index contributed by atoms with van der Waals surface area (Å²) < 4.78 is 7.36. The van der Waals surface area contributed by atoms with E-state index in [1.54, 1.807) is 28.9 Å². The van der Waals surface area contributed by atoms with Crippen LogP contribution in [0.4, 0.5) is 11.6 Å². The molecule has 1 saturated heterocycles. The lowest BCUT2D eigenvalue weighted by atomic mass is 9.90. The molecule has 4 aromatic rings. The molecule has 10 heteroatoms. The minimum absolute atomic E-state index is 0.194. The van der Waals surface area contributed by atoms with E-state index in [2.05, 4.69) is 20.4 Å². The number of aliphatic hydroxyl groups is 1. The van der Waals surface area contributed by atoms with Crippen molar-refractivity contribution in [1.29, 1.82) is 0 Å². The maximum atomic E-state index is 11.9. The summed E-state index contributed by atoms with van der Waals surface area (Å²) in [7, 11) is 1.60. The van der Waals surface area contributed by atoms with Crippen LogP contribution in [0, 0.1) is 0 Å². The van der Waals surface area contributed by atoms with Gasteiger partial charge in [0.25, 0.3) is 5.91 Å². The maximum absolute atomic E-state index is 11.9. The first kappa shape index (κ1) is 22.1. The zero-order valence-electron chi connectivity index (χ0n) is 18.6. The topological polar surface area (TPSA) is 105 Å². The highest BCUT2D eigenvalue weighted by Gasteiger charge is 2.33. The van der Waals surface area contributed by atoms with Crippen molar-refractivity contribution in [1.82, 2.24) is 24.5 Å². The van der Waals surface area contributed by atoms with E-state index < -0.39 is 6.10 Å². The first-order chi connectivity index (χ1) is 16.4. The van der Waals surface area contributed by atoms with Crippen LogP contribution >= 0.6 is 11.6 Å². The molecule has 1 atom stereocenters. The Balaban J connectivity index is 1.38. The first-order valence-corrected chi connectivity index (χ1v) is 11.2. The van der Waals surface area contributed by atoms with Crippen molar-refractivity contribution in [2.75, 3.05) is 25.5 Å². The van der Waals surface area contributed by atoms with Crippen molar-refractivity contribution in [3.8, 4) is 17.0 Å². The van der Waals surface area contributed by atoms with Gasteiger partial charge in [-0.2, -0.15) is 5.10 Å². The van der Waals surface area contributed by atoms with Crippen LogP contribution < -0.4 is 10.1 Å². The number of aromatic nitrogens is 4. The second kappa shape index (κ2) is 8.92. The van der Waals surface area contributed by atoms with Gasteiger partial charge in [-0.15, -0.1) is 0 Å². The van der Waals surface area contributed by atoms with Crippen molar-refractivity contribution in [2.45, 2.75) is 18.9 Å². The molecule has 3 aromatic heterocycles. The van der Waals surface area contributed by atoms with Gasteiger partial charge in [-0.05, 0) is 36.8 Å². The number of nitrogens with zero attached hydrogens (tertiary/aromatic N) is 5. The number of hydrogen-bond donors (Lipinski definition) is 2. The molecule has 0 unspecified atom stereocenters. The van der Waals surface area contributed by atoms with Gasteiger partial charge in [0.1, 0.15) is 11.9 Å². The predicted molar refractivity (Wildman–Crippen MR) is 129 cm³/mol. The monoisotopic (exact) mass is 478 g/mol. The minimum atomic E-state index is -0.980.